The maximum Gasteiger partial charge on any atom is 0.533 e. The Kier molecular flexibility index (Phi) is 5.23. The summed E-state index contributed by atoms with van der Waals surface area (Å²) < 4.78 is 15.5. The lowest BCUT2D eigenvalue weighted by molar-refractivity contribution is -0.110. The lowest BCUT2D eigenvalue weighted by Gasteiger charge is -2.33. The molecule has 136 valence electrons. The molecule has 0 unspecified atom stereocenters. The molecule has 0 saturated carbocycles. The molecule has 0 aromatic heterocycles. The quantitative estimate of drug-likeness (QED) is 0.512. The Bertz CT molecular complexity index is 764. The van der Waals surface area contributed by atoms with Crippen molar-refractivity contribution >= 4 is 12.2 Å². The highest BCUT2D eigenvalue weighted by atomic mass is 16.8. The molecule has 0 fully saturated rings. The first kappa shape index (κ1) is 17.6. The molecule has 0 atom stereocenters. The van der Waals surface area contributed by atoms with Gasteiger partial charge in [-0.2, -0.15) is 0 Å². The van der Waals surface area contributed by atoms with E-state index in [2.05, 4.69) is 0 Å². The summed E-state index contributed by atoms with van der Waals surface area (Å²) in [4.78, 5) is 29.1. The number of carbonyl (C=O) groups excluding carboxylic acids is 2. The van der Waals surface area contributed by atoms with E-state index < -0.39 is 18.2 Å². The molecule has 1 heterocycles. The number of primary amides is 1. The molecule has 0 spiro atoms. The molecular weight excluding hydrogens is 340 g/mol. The summed E-state index contributed by atoms with van der Waals surface area (Å²) in [6.45, 7) is 0.192. The van der Waals surface area contributed by atoms with E-state index in [1.54, 1.807) is 48.5 Å². The molecular formula is C18H18N2O6. The molecule has 0 bridgehead atoms. The first-order valence-corrected chi connectivity index (χ1v) is 7.90. The van der Waals surface area contributed by atoms with E-state index in [-0.39, 0.29) is 13.2 Å². The van der Waals surface area contributed by atoms with Crippen LogP contribution in [0.3, 0.4) is 0 Å². The monoisotopic (exact) mass is 358 g/mol. The van der Waals surface area contributed by atoms with Gasteiger partial charge in [-0.3, -0.25) is 0 Å². The van der Waals surface area contributed by atoms with Crippen molar-refractivity contribution in [2.45, 2.75) is 6.04 Å². The van der Waals surface area contributed by atoms with Crippen LogP contribution in [0.1, 0.15) is 17.2 Å². The van der Waals surface area contributed by atoms with Crippen LogP contribution in [0.25, 0.3) is 0 Å². The zero-order valence-electron chi connectivity index (χ0n) is 14.1. The standard InChI is InChI=1S/C18H18N2O6/c1-23-10-11-24-18(22)26-20(17(19)21)16-12-6-2-4-8-14(12)25-15-9-5-3-7-13(15)16/h2-9,16H,10-11H2,1H3,(H2,19,21). The number of ether oxygens (including phenoxy) is 3. The van der Waals surface area contributed by atoms with E-state index in [1.165, 1.54) is 7.11 Å². The zero-order chi connectivity index (χ0) is 18.5. The summed E-state index contributed by atoms with van der Waals surface area (Å²) in [5.74, 6) is 1.08. The number of rotatable bonds is 4. The molecule has 3 rings (SSSR count). The van der Waals surface area contributed by atoms with Gasteiger partial charge < -0.3 is 24.8 Å². The van der Waals surface area contributed by atoms with E-state index in [0.29, 0.717) is 22.6 Å². The number of hydrogen-bond donors (Lipinski definition) is 1. The normalized spacial score (nSPS) is 12.3. The average molecular weight is 358 g/mol. The molecule has 1 aliphatic rings. The highest BCUT2D eigenvalue weighted by molar-refractivity contribution is 5.75. The smallest absolute Gasteiger partial charge is 0.457 e. The number of para-hydroxylation sites is 2. The molecule has 1 aliphatic heterocycles. The number of amides is 2. The predicted molar refractivity (Wildman–Crippen MR) is 90.5 cm³/mol. The summed E-state index contributed by atoms with van der Waals surface area (Å²) in [6.07, 6.45) is -1.05. The van der Waals surface area contributed by atoms with Crippen LogP contribution >= 0.6 is 0 Å². The summed E-state index contributed by atoms with van der Waals surface area (Å²) in [5, 5.41) is 0.787. The fraction of sp³-hybridized carbons (Fsp3) is 0.222. The van der Waals surface area contributed by atoms with Crippen molar-refractivity contribution in [2.75, 3.05) is 20.3 Å². The second kappa shape index (κ2) is 7.75. The third kappa shape index (κ3) is 3.55. The largest absolute Gasteiger partial charge is 0.533 e. The van der Waals surface area contributed by atoms with Crippen molar-refractivity contribution < 1.29 is 28.6 Å². The third-order valence-electron chi connectivity index (χ3n) is 3.78. The van der Waals surface area contributed by atoms with Crippen LogP contribution < -0.4 is 10.5 Å². The average Bonchev–Trinajstić information content (AvgIpc) is 2.64. The van der Waals surface area contributed by atoms with Gasteiger partial charge in [0.25, 0.3) is 0 Å². The van der Waals surface area contributed by atoms with Crippen LogP contribution in [0.5, 0.6) is 11.5 Å². The van der Waals surface area contributed by atoms with E-state index in [1.807, 2.05) is 0 Å². The molecule has 2 aromatic rings. The second-order valence-electron chi connectivity index (χ2n) is 5.43. The van der Waals surface area contributed by atoms with Gasteiger partial charge >= 0.3 is 12.2 Å². The van der Waals surface area contributed by atoms with E-state index in [9.17, 15) is 9.59 Å². The highest BCUT2D eigenvalue weighted by Gasteiger charge is 2.36. The van der Waals surface area contributed by atoms with Gasteiger partial charge in [0.15, 0.2) is 0 Å². The molecule has 0 aliphatic carbocycles. The highest BCUT2D eigenvalue weighted by Crippen LogP contribution is 2.45. The lowest BCUT2D eigenvalue weighted by Crippen LogP contribution is -2.42. The number of methoxy groups -OCH3 is 1. The molecule has 2 aromatic carbocycles. The van der Waals surface area contributed by atoms with Crippen molar-refractivity contribution in [1.82, 2.24) is 5.06 Å². The number of benzene rings is 2. The fourth-order valence-corrected chi connectivity index (χ4v) is 2.68. The Morgan fingerprint density at radius 2 is 1.62 bits per heavy atom. The van der Waals surface area contributed by atoms with E-state index >= 15 is 0 Å². The predicted octanol–water partition coefficient (Wildman–Crippen LogP) is 2.98. The molecule has 26 heavy (non-hydrogen) atoms. The molecule has 2 N–H and O–H groups in total. The summed E-state index contributed by atoms with van der Waals surface area (Å²) in [5.41, 5.74) is 6.74. The van der Waals surface area contributed by atoms with Crippen LogP contribution in [-0.2, 0) is 14.3 Å². The van der Waals surface area contributed by atoms with Crippen LogP contribution in [0.15, 0.2) is 48.5 Å². The first-order valence-electron chi connectivity index (χ1n) is 7.90. The molecule has 0 radical (unpaired) electrons. The topological polar surface area (TPSA) is 100 Å². The number of hydroxylamine groups is 2. The lowest BCUT2D eigenvalue weighted by atomic mass is 9.94. The van der Waals surface area contributed by atoms with Crippen LogP contribution in [-0.4, -0.2) is 37.6 Å². The van der Waals surface area contributed by atoms with Crippen molar-refractivity contribution in [3.63, 3.8) is 0 Å². The van der Waals surface area contributed by atoms with Gasteiger partial charge in [-0.1, -0.05) is 36.4 Å². The zero-order valence-corrected chi connectivity index (χ0v) is 14.1. The van der Waals surface area contributed by atoms with E-state index in [0.717, 1.165) is 5.06 Å². The number of nitrogens with two attached hydrogens (primary N) is 1. The Hall–Kier alpha value is -3.26. The van der Waals surface area contributed by atoms with Gasteiger partial charge in [0.2, 0.25) is 0 Å². The van der Waals surface area contributed by atoms with Crippen LogP contribution in [0, 0.1) is 0 Å². The van der Waals surface area contributed by atoms with Gasteiger partial charge in [0.1, 0.15) is 24.1 Å². The number of urea groups is 1. The number of carbonyl (C=O) groups is 2. The number of nitrogens with zero attached hydrogens (tertiary/aromatic N) is 1. The molecule has 0 saturated heterocycles. The van der Waals surface area contributed by atoms with Gasteiger partial charge in [0, 0.05) is 18.2 Å². The Morgan fingerprint density at radius 3 is 2.15 bits per heavy atom. The van der Waals surface area contributed by atoms with Crippen molar-refractivity contribution in [1.29, 1.82) is 0 Å². The number of hydrogen-bond acceptors (Lipinski definition) is 6. The fourth-order valence-electron chi connectivity index (χ4n) is 2.68. The van der Waals surface area contributed by atoms with Gasteiger partial charge in [0.05, 0.1) is 6.61 Å². The minimum Gasteiger partial charge on any atom is -0.457 e. The van der Waals surface area contributed by atoms with Gasteiger partial charge in [-0.05, 0) is 12.1 Å². The third-order valence-corrected chi connectivity index (χ3v) is 3.78. The van der Waals surface area contributed by atoms with Crippen molar-refractivity contribution in [3.8, 4) is 11.5 Å². The SMILES string of the molecule is COCCOC(=O)ON(C(N)=O)C1c2ccccc2Oc2ccccc21. The molecule has 8 nitrogen and oxygen atoms in total. The summed E-state index contributed by atoms with van der Waals surface area (Å²) in [7, 11) is 1.47. The number of fused-ring (bicyclic) bond motifs is 2. The maximum absolute atomic E-state index is 12.0. The first-order chi connectivity index (χ1) is 12.6. The van der Waals surface area contributed by atoms with Crippen molar-refractivity contribution in [3.05, 3.63) is 59.7 Å². The second-order valence-corrected chi connectivity index (χ2v) is 5.43. The van der Waals surface area contributed by atoms with E-state index in [4.69, 9.17) is 24.8 Å². The van der Waals surface area contributed by atoms with Crippen molar-refractivity contribution in [2.24, 2.45) is 5.73 Å². The molecule has 8 heteroatoms. The van der Waals surface area contributed by atoms with Crippen LogP contribution in [0.2, 0.25) is 0 Å². The maximum atomic E-state index is 12.0. The van der Waals surface area contributed by atoms with Gasteiger partial charge in [-0.15, -0.1) is 5.06 Å². The minimum absolute atomic E-state index is 0.0110. The Labute approximate surface area is 150 Å². The Morgan fingerprint density at radius 1 is 1.04 bits per heavy atom. The summed E-state index contributed by atoms with van der Waals surface area (Å²) in [6, 6.07) is 12.5. The van der Waals surface area contributed by atoms with Gasteiger partial charge in [-0.25, -0.2) is 9.59 Å². The Balaban J connectivity index is 1.94. The molecule has 2 amide bonds. The van der Waals surface area contributed by atoms with Crippen LogP contribution in [0.4, 0.5) is 9.59 Å². The summed E-state index contributed by atoms with van der Waals surface area (Å²) >= 11 is 0. The minimum atomic E-state index is -1.05.